The van der Waals surface area contributed by atoms with Gasteiger partial charge in [-0.05, 0) is 23.6 Å². The van der Waals surface area contributed by atoms with E-state index in [1.807, 2.05) is 17.5 Å². The molecule has 2 aromatic rings. The molecule has 0 spiro atoms. The summed E-state index contributed by atoms with van der Waals surface area (Å²) in [5.41, 5.74) is 0.468. The summed E-state index contributed by atoms with van der Waals surface area (Å²) in [4.78, 5) is 22.4. The number of carboxylic acid groups (broad SMARTS) is 1. The number of thioether (sulfide) groups is 1. The van der Waals surface area contributed by atoms with Gasteiger partial charge in [-0.15, -0.1) is 23.1 Å². The van der Waals surface area contributed by atoms with Crippen LogP contribution in [0.4, 0.5) is 5.69 Å². The van der Waals surface area contributed by atoms with E-state index in [0.29, 0.717) is 11.4 Å². The van der Waals surface area contributed by atoms with Crippen LogP contribution in [0, 0.1) is 0 Å². The lowest BCUT2D eigenvalue weighted by Gasteiger charge is -2.10. The first-order valence-electron chi connectivity index (χ1n) is 6.05. The second-order valence-corrected chi connectivity index (χ2v) is 6.17. The van der Waals surface area contributed by atoms with Crippen LogP contribution in [0.3, 0.4) is 0 Å². The summed E-state index contributed by atoms with van der Waals surface area (Å²) < 4.78 is 6.20. The van der Waals surface area contributed by atoms with Crippen molar-refractivity contribution in [2.75, 3.05) is 17.7 Å². The van der Waals surface area contributed by atoms with Gasteiger partial charge in [0.2, 0.25) is 5.91 Å². The maximum atomic E-state index is 11.9. The maximum absolute atomic E-state index is 11.9. The highest BCUT2D eigenvalue weighted by atomic mass is 32.2. The number of para-hydroxylation sites is 2. The molecule has 5 nitrogen and oxygen atoms in total. The molecule has 110 valence electrons. The third-order valence-electron chi connectivity index (χ3n) is 2.35. The fourth-order valence-corrected chi connectivity index (χ4v) is 3.09. The van der Waals surface area contributed by atoms with E-state index < -0.39 is 12.6 Å². The number of nitrogens with one attached hydrogen (secondary N) is 1. The normalized spacial score (nSPS) is 10.1. The van der Waals surface area contributed by atoms with Crippen molar-refractivity contribution in [1.29, 1.82) is 0 Å². The van der Waals surface area contributed by atoms with E-state index in [0.717, 1.165) is 4.21 Å². The Bertz CT molecular complexity index is 613. The molecule has 1 heterocycles. The van der Waals surface area contributed by atoms with Crippen molar-refractivity contribution >= 4 is 40.7 Å². The van der Waals surface area contributed by atoms with Crippen molar-refractivity contribution < 1.29 is 19.4 Å². The quantitative estimate of drug-likeness (QED) is 0.766. The van der Waals surface area contributed by atoms with Crippen molar-refractivity contribution in [3.8, 4) is 5.75 Å². The predicted octanol–water partition coefficient (Wildman–Crippen LogP) is 2.94. The van der Waals surface area contributed by atoms with Crippen LogP contribution in [-0.2, 0) is 9.59 Å². The minimum absolute atomic E-state index is 0.167. The molecule has 0 unspecified atom stereocenters. The fourth-order valence-electron chi connectivity index (χ4n) is 1.50. The van der Waals surface area contributed by atoms with Crippen molar-refractivity contribution in [3.05, 3.63) is 41.8 Å². The van der Waals surface area contributed by atoms with Gasteiger partial charge in [-0.25, -0.2) is 4.79 Å². The average Bonchev–Trinajstić information content (AvgIpc) is 2.97. The molecule has 7 heteroatoms. The Morgan fingerprint density at radius 1 is 1.24 bits per heavy atom. The maximum Gasteiger partial charge on any atom is 0.341 e. The standard InChI is InChI=1S/C14H13NO4S2/c16-12(9-21-14-6-3-7-20-14)15-10-4-1-2-5-11(10)19-8-13(17)18/h1-7H,8-9H2,(H,15,16)(H,17,18). The van der Waals surface area contributed by atoms with Gasteiger partial charge in [0, 0.05) is 0 Å². The molecule has 0 aliphatic rings. The Morgan fingerprint density at radius 2 is 2.05 bits per heavy atom. The van der Waals surface area contributed by atoms with Gasteiger partial charge in [0.1, 0.15) is 5.75 Å². The molecule has 1 aromatic carbocycles. The van der Waals surface area contributed by atoms with E-state index in [-0.39, 0.29) is 11.7 Å². The third-order valence-corrected chi connectivity index (χ3v) is 4.48. The van der Waals surface area contributed by atoms with Crippen molar-refractivity contribution in [2.24, 2.45) is 0 Å². The van der Waals surface area contributed by atoms with E-state index in [9.17, 15) is 9.59 Å². The second kappa shape index (κ2) is 7.70. The number of thiophene rings is 1. The molecule has 0 aliphatic carbocycles. The smallest absolute Gasteiger partial charge is 0.341 e. The van der Waals surface area contributed by atoms with E-state index in [1.54, 1.807) is 35.6 Å². The molecule has 0 atom stereocenters. The van der Waals surface area contributed by atoms with Gasteiger partial charge in [-0.2, -0.15) is 0 Å². The van der Waals surface area contributed by atoms with Gasteiger partial charge >= 0.3 is 5.97 Å². The largest absolute Gasteiger partial charge is 0.480 e. The molecular weight excluding hydrogens is 310 g/mol. The first-order chi connectivity index (χ1) is 10.1. The van der Waals surface area contributed by atoms with E-state index in [1.165, 1.54) is 11.8 Å². The molecule has 0 saturated heterocycles. The minimum atomic E-state index is -1.07. The summed E-state index contributed by atoms with van der Waals surface area (Å²) in [7, 11) is 0. The number of rotatable bonds is 7. The number of carboxylic acids is 1. The zero-order chi connectivity index (χ0) is 15.1. The van der Waals surface area contributed by atoms with Gasteiger partial charge < -0.3 is 15.2 Å². The Hall–Kier alpha value is -1.99. The van der Waals surface area contributed by atoms with Crippen LogP contribution in [0.2, 0.25) is 0 Å². The summed E-state index contributed by atoms with van der Waals surface area (Å²) in [5.74, 6) is -0.605. The average molecular weight is 323 g/mol. The topological polar surface area (TPSA) is 75.6 Å². The zero-order valence-corrected chi connectivity index (χ0v) is 12.6. The summed E-state index contributed by atoms with van der Waals surface area (Å²) in [6, 6.07) is 10.6. The van der Waals surface area contributed by atoms with Crippen molar-refractivity contribution in [2.45, 2.75) is 4.21 Å². The lowest BCUT2D eigenvalue weighted by molar-refractivity contribution is -0.139. The van der Waals surface area contributed by atoms with Crippen LogP contribution in [-0.4, -0.2) is 29.3 Å². The first kappa shape index (κ1) is 15.4. The number of hydrogen-bond donors (Lipinski definition) is 2. The Kier molecular flexibility index (Phi) is 5.65. The van der Waals surface area contributed by atoms with Gasteiger partial charge in [-0.3, -0.25) is 4.79 Å². The molecule has 0 fully saturated rings. The number of amides is 1. The molecular formula is C14H13NO4S2. The lowest BCUT2D eigenvalue weighted by Crippen LogP contribution is -2.16. The van der Waals surface area contributed by atoms with E-state index in [2.05, 4.69) is 5.32 Å². The lowest BCUT2D eigenvalue weighted by atomic mass is 10.3. The molecule has 0 aliphatic heterocycles. The van der Waals surface area contributed by atoms with Gasteiger partial charge in [0.25, 0.3) is 0 Å². The molecule has 21 heavy (non-hydrogen) atoms. The van der Waals surface area contributed by atoms with E-state index in [4.69, 9.17) is 9.84 Å². The number of carbonyl (C=O) groups excluding carboxylic acids is 1. The first-order valence-corrected chi connectivity index (χ1v) is 7.91. The summed E-state index contributed by atoms with van der Waals surface area (Å²) in [6.45, 7) is -0.448. The van der Waals surface area contributed by atoms with Crippen LogP contribution in [0.1, 0.15) is 0 Å². The predicted molar refractivity (Wildman–Crippen MR) is 83.2 cm³/mol. The number of anilines is 1. The van der Waals surface area contributed by atoms with Crippen molar-refractivity contribution in [1.82, 2.24) is 0 Å². The van der Waals surface area contributed by atoms with Crippen LogP contribution >= 0.6 is 23.1 Å². The van der Waals surface area contributed by atoms with Crippen LogP contribution in [0.5, 0.6) is 5.75 Å². The minimum Gasteiger partial charge on any atom is -0.480 e. The third kappa shape index (κ3) is 5.13. The molecule has 1 amide bonds. The van der Waals surface area contributed by atoms with Gasteiger partial charge in [-0.1, -0.05) is 18.2 Å². The molecule has 1 aromatic heterocycles. The number of carbonyl (C=O) groups is 2. The van der Waals surface area contributed by atoms with Gasteiger partial charge in [0.05, 0.1) is 15.6 Å². The van der Waals surface area contributed by atoms with E-state index >= 15 is 0 Å². The highest BCUT2D eigenvalue weighted by Gasteiger charge is 2.09. The number of ether oxygens (including phenoxy) is 1. The highest BCUT2D eigenvalue weighted by Crippen LogP contribution is 2.26. The molecule has 2 N–H and O–H groups in total. The van der Waals surface area contributed by atoms with Crippen molar-refractivity contribution in [3.63, 3.8) is 0 Å². The highest BCUT2D eigenvalue weighted by molar-refractivity contribution is 8.01. The monoisotopic (exact) mass is 323 g/mol. The SMILES string of the molecule is O=C(O)COc1ccccc1NC(=O)CSc1cccs1. The Labute approximate surface area is 129 Å². The Balaban J connectivity index is 1.92. The number of benzene rings is 1. The fraction of sp³-hybridized carbons (Fsp3) is 0.143. The molecule has 2 rings (SSSR count). The summed E-state index contributed by atoms with van der Waals surface area (Å²) >= 11 is 3.03. The molecule has 0 saturated carbocycles. The molecule has 0 bridgehead atoms. The number of aliphatic carboxylic acids is 1. The zero-order valence-electron chi connectivity index (χ0n) is 10.9. The van der Waals surface area contributed by atoms with Crippen LogP contribution in [0.15, 0.2) is 46.0 Å². The van der Waals surface area contributed by atoms with Crippen LogP contribution in [0.25, 0.3) is 0 Å². The van der Waals surface area contributed by atoms with Gasteiger partial charge in [0.15, 0.2) is 6.61 Å². The van der Waals surface area contributed by atoms with Crippen LogP contribution < -0.4 is 10.1 Å². The summed E-state index contributed by atoms with van der Waals surface area (Å²) in [5, 5.41) is 13.3. The summed E-state index contributed by atoms with van der Waals surface area (Å²) in [6.07, 6.45) is 0. The second-order valence-electron chi connectivity index (χ2n) is 3.95. The molecule has 0 radical (unpaired) electrons. The number of hydrogen-bond acceptors (Lipinski definition) is 5. The Morgan fingerprint density at radius 3 is 2.76 bits per heavy atom.